The number of nitrogens with one attached hydrogen (secondary N) is 1. The molecule has 0 aliphatic heterocycles. The van der Waals surface area contributed by atoms with Crippen molar-refractivity contribution >= 4 is 57.4 Å². The van der Waals surface area contributed by atoms with Crippen LogP contribution in [-0.4, -0.2) is 29.6 Å². The van der Waals surface area contributed by atoms with Crippen LogP contribution in [-0.2, 0) is 20.9 Å². The number of carbonyl (C=O) groups is 3. The number of thiophene rings is 1. The van der Waals surface area contributed by atoms with Gasteiger partial charge in [0.15, 0.2) is 0 Å². The van der Waals surface area contributed by atoms with E-state index in [1.807, 2.05) is 0 Å². The average Bonchev–Trinajstić information content (AvgIpc) is 3.18. The summed E-state index contributed by atoms with van der Waals surface area (Å²) in [6, 6.07) is 13.8. The van der Waals surface area contributed by atoms with Gasteiger partial charge in [-0.1, -0.05) is 29.3 Å². The number of anilines is 1. The van der Waals surface area contributed by atoms with Gasteiger partial charge < -0.3 is 19.9 Å². The van der Waals surface area contributed by atoms with Gasteiger partial charge in [0, 0.05) is 20.5 Å². The normalized spacial score (nSPS) is 10.5. The smallest absolute Gasteiger partial charge is 0.394 e. The molecule has 1 aromatic heterocycles. The van der Waals surface area contributed by atoms with Gasteiger partial charge in [0.1, 0.15) is 17.4 Å². The van der Waals surface area contributed by atoms with Crippen molar-refractivity contribution in [3.8, 4) is 16.2 Å². The molecule has 0 unspecified atom stereocenters. The highest BCUT2D eigenvalue weighted by molar-refractivity contribution is 7.20. The van der Waals surface area contributed by atoms with E-state index in [1.54, 1.807) is 55.5 Å². The number of rotatable bonds is 7. The molecular weight excluding hydrogens is 477 g/mol. The summed E-state index contributed by atoms with van der Waals surface area (Å²) in [5.41, 5.74) is 1.49. The SMILES string of the molecule is CCOC(=O)c1cc(-c2ccc(OCc3c(Cl)cccc3Cl)cc2)sc1NC(=O)C(=O)O. The summed E-state index contributed by atoms with van der Waals surface area (Å²) >= 11 is 13.4. The Balaban J connectivity index is 1.80. The number of hydrogen-bond donors (Lipinski definition) is 2. The minimum absolute atomic E-state index is 0.0788. The second-order valence-corrected chi connectivity index (χ2v) is 8.21. The van der Waals surface area contributed by atoms with E-state index in [0.717, 1.165) is 16.9 Å². The van der Waals surface area contributed by atoms with Gasteiger partial charge in [-0.2, -0.15) is 0 Å². The first-order valence-corrected chi connectivity index (χ1v) is 10.9. The monoisotopic (exact) mass is 493 g/mol. The van der Waals surface area contributed by atoms with Crippen LogP contribution in [0, 0.1) is 0 Å². The summed E-state index contributed by atoms with van der Waals surface area (Å²) in [5.74, 6) is -2.99. The molecule has 3 aromatic rings. The van der Waals surface area contributed by atoms with Crippen LogP contribution in [0.1, 0.15) is 22.8 Å². The van der Waals surface area contributed by atoms with Crippen LogP contribution in [0.15, 0.2) is 48.5 Å². The maximum absolute atomic E-state index is 12.2. The lowest BCUT2D eigenvalue weighted by molar-refractivity contribution is -0.147. The Morgan fingerprint density at radius 3 is 2.31 bits per heavy atom. The summed E-state index contributed by atoms with van der Waals surface area (Å²) in [5, 5.41) is 12.2. The minimum atomic E-state index is -1.66. The van der Waals surface area contributed by atoms with E-state index >= 15 is 0 Å². The highest BCUT2D eigenvalue weighted by atomic mass is 35.5. The largest absolute Gasteiger partial charge is 0.489 e. The minimum Gasteiger partial charge on any atom is -0.489 e. The Morgan fingerprint density at radius 2 is 1.72 bits per heavy atom. The van der Waals surface area contributed by atoms with Crippen LogP contribution in [0.2, 0.25) is 10.0 Å². The molecule has 0 radical (unpaired) electrons. The quantitative estimate of drug-likeness (QED) is 0.332. The molecule has 0 aliphatic carbocycles. The molecule has 1 amide bonds. The number of halogens is 2. The molecule has 0 spiro atoms. The fourth-order valence-electron chi connectivity index (χ4n) is 2.68. The van der Waals surface area contributed by atoms with Crippen LogP contribution in [0.4, 0.5) is 5.00 Å². The lowest BCUT2D eigenvalue weighted by Crippen LogP contribution is -2.22. The molecular formula is C22H17Cl2NO6S. The molecule has 2 N–H and O–H groups in total. The molecule has 0 fully saturated rings. The van der Waals surface area contributed by atoms with E-state index in [2.05, 4.69) is 5.32 Å². The Labute approximate surface area is 197 Å². The van der Waals surface area contributed by atoms with Crippen molar-refractivity contribution in [1.29, 1.82) is 0 Å². The highest BCUT2D eigenvalue weighted by Gasteiger charge is 2.22. The third-order valence-corrected chi connectivity index (χ3v) is 6.04. The number of esters is 1. The van der Waals surface area contributed by atoms with Gasteiger partial charge in [0.05, 0.1) is 12.2 Å². The van der Waals surface area contributed by atoms with E-state index in [-0.39, 0.29) is 23.8 Å². The number of hydrogen-bond acceptors (Lipinski definition) is 6. The second-order valence-electron chi connectivity index (χ2n) is 6.35. The van der Waals surface area contributed by atoms with E-state index < -0.39 is 17.8 Å². The van der Waals surface area contributed by atoms with Gasteiger partial charge in [-0.3, -0.25) is 4.79 Å². The number of aliphatic carboxylic acids is 1. The first-order chi connectivity index (χ1) is 15.3. The summed E-state index contributed by atoms with van der Waals surface area (Å²) in [4.78, 5) is 35.3. The van der Waals surface area contributed by atoms with Gasteiger partial charge >= 0.3 is 17.8 Å². The summed E-state index contributed by atoms with van der Waals surface area (Å²) in [6.45, 7) is 1.97. The van der Waals surface area contributed by atoms with E-state index in [0.29, 0.717) is 26.2 Å². The molecule has 2 aromatic carbocycles. The van der Waals surface area contributed by atoms with Gasteiger partial charge in [0.2, 0.25) is 0 Å². The molecule has 3 rings (SSSR count). The van der Waals surface area contributed by atoms with Crippen LogP contribution >= 0.6 is 34.5 Å². The molecule has 0 atom stereocenters. The zero-order chi connectivity index (χ0) is 23.3. The number of amides is 1. The summed E-state index contributed by atoms with van der Waals surface area (Å²) in [6.07, 6.45) is 0. The van der Waals surface area contributed by atoms with Crippen LogP contribution in [0.3, 0.4) is 0 Å². The molecule has 166 valence electrons. The molecule has 0 aliphatic rings. The van der Waals surface area contributed by atoms with Gasteiger partial charge in [0.25, 0.3) is 0 Å². The number of benzene rings is 2. The highest BCUT2D eigenvalue weighted by Crippen LogP contribution is 2.37. The van der Waals surface area contributed by atoms with Crippen molar-refractivity contribution in [1.82, 2.24) is 0 Å². The summed E-state index contributed by atoms with van der Waals surface area (Å²) < 4.78 is 10.8. The van der Waals surface area contributed by atoms with Crippen molar-refractivity contribution in [3.63, 3.8) is 0 Å². The molecule has 7 nitrogen and oxygen atoms in total. The topological polar surface area (TPSA) is 102 Å². The second kappa shape index (κ2) is 10.5. The Hall–Kier alpha value is -3.07. The van der Waals surface area contributed by atoms with Crippen molar-refractivity contribution in [3.05, 3.63) is 69.7 Å². The van der Waals surface area contributed by atoms with Crippen LogP contribution in [0.5, 0.6) is 5.75 Å². The first kappa shape index (κ1) is 23.6. The molecule has 0 saturated heterocycles. The fraction of sp³-hybridized carbons (Fsp3) is 0.136. The van der Waals surface area contributed by atoms with E-state index in [9.17, 15) is 14.4 Å². The lowest BCUT2D eigenvalue weighted by atomic mass is 10.1. The van der Waals surface area contributed by atoms with Crippen LogP contribution < -0.4 is 10.1 Å². The molecule has 10 heteroatoms. The third-order valence-electron chi connectivity index (χ3n) is 4.23. The molecule has 1 heterocycles. The third kappa shape index (κ3) is 5.59. The van der Waals surface area contributed by atoms with E-state index in [4.69, 9.17) is 37.8 Å². The van der Waals surface area contributed by atoms with Crippen molar-refractivity contribution < 1.29 is 29.0 Å². The number of carboxylic acid groups (broad SMARTS) is 1. The Bertz CT molecular complexity index is 1140. The predicted molar refractivity (Wildman–Crippen MR) is 123 cm³/mol. The molecule has 0 bridgehead atoms. The molecule has 32 heavy (non-hydrogen) atoms. The standard InChI is InChI=1S/C22H17Cl2NO6S/c1-2-30-22(29)14-10-18(32-20(14)25-19(26)21(27)28)12-6-8-13(9-7-12)31-11-15-16(23)4-3-5-17(15)24/h3-10H,2,11H2,1H3,(H,25,26)(H,27,28). The lowest BCUT2D eigenvalue weighted by Gasteiger charge is -2.10. The Morgan fingerprint density at radius 1 is 1.06 bits per heavy atom. The van der Waals surface area contributed by atoms with Crippen molar-refractivity contribution in [2.24, 2.45) is 0 Å². The fourth-order valence-corrected chi connectivity index (χ4v) is 4.24. The van der Waals surface area contributed by atoms with Crippen molar-refractivity contribution in [2.75, 3.05) is 11.9 Å². The number of carbonyl (C=O) groups excluding carboxylic acids is 2. The van der Waals surface area contributed by atoms with Gasteiger partial charge in [-0.05, 0) is 55.0 Å². The van der Waals surface area contributed by atoms with E-state index in [1.165, 1.54) is 0 Å². The maximum atomic E-state index is 12.2. The predicted octanol–water partition coefficient (Wildman–Crippen LogP) is 5.50. The zero-order valence-electron chi connectivity index (χ0n) is 16.7. The molecule has 0 saturated carbocycles. The maximum Gasteiger partial charge on any atom is 0.394 e. The van der Waals surface area contributed by atoms with Crippen LogP contribution in [0.25, 0.3) is 10.4 Å². The van der Waals surface area contributed by atoms with Gasteiger partial charge in [-0.15, -0.1) is 11.3 Å². The average molecular weight is 494 g/mol. The van der Waals surface area contributed by atoms with Crippen molar-refractivity contribution in [2.45, 2.75) is 13.5 Å². The number of carboxylic acids is 1. The van der Waals surface area contributed by atoms with Gasteiger partial charge in [-0.25, -0.2) is 9.59 Å². The number of ether oxygens (including phenoxy) is 2. The first-order valence-electron chi connectivity index (χ1n) is 9.31. The Kier molecular flexibility index (Phi) is 7.74. The summed E-state index contributed by atoms with van der Waals surface area (Å²) in [7, 11) is 0. The zero-order valence-corrected chi connectivity index (χ0v) is 19.0.